The van der Waals surface area contributed by atoms with E-state index in [2.05, 4.69) is 5.32 Å². The van der Waals surface area contributed by atoms with Crippen molar-refractivity contribution >= 4 is 12.0 Å². The molecule has 2 rings (SSSR count). The van der Waals surface area contributed by atoms with E-state index in [0.29, 0.717) is 12.1 Å². The zero-order valence-corrected chi connectivity index (χ0v) is 12.7. The van der Waals surface area contributed by atoms with Gasteiger partial charge < -0.3 is 15.2 Å². The van der Waals surface area contributed by atoms with Crippen molar-refractivity contribution in [2.75, 3.05) is 19.8 Å². The molecule has 0 saturated heterocycles. The number of hydrogen-bond acceptors (Lipinski definition) is 3. The fourth-order valence-electron chi connectivity index (χ4n) is 2.41. The number of carbonyl (C=O) groups excluding carboxylic acids is 1. The molecule has 0 unspecified atom stereocenters. The third-order valence-electron chi connectivity index (χ3n) is 4.38. The molecule has 1 aliphatic rings. The van der Waals surface area contributed by atoms with Gasteiger partial charge in [-0.1, -0.05) is 32.0 Å². The van der Waals surface area contributed by atoms with Crippen molar-refractivity contribution in [3.8, 4) is 5.75 Å². The molecule has 21 heavy (non-hydrogen) atoms. The lowest BCUT2D eigenvalue weighted by atomic mass is 9.83. The third kappa shape index (κ3) is 3.45. The van der Waals surface area contributed by atoms with Crippen LogP contribution >= 0.6 is 0 Å². The molecular formula is C17H23NO3. The minimum absolute atomic E-state index is 0.0820. The largest absolute Gasteiger partial charge is 0.488 e. The van der Waals surface area contributed by atoms with E-state index in [9.17, 15) is 9.90 Å². The molecular weight excluding hydrogens is 266 g/mol. The number of fused-ring (bicyclic) bond motifs is 1. The number of amides is 1. The summed E-state index contributed by atoms with van der Waals surface area (Å²) < 4.78 is 5.59. The van der Waals surface area contributed by atoms with E-state index in [1.54, 1.807) is 0 Å². The van der Waals surface area contributed by atoms with E-state index < -0.39 is 0 Å². The zero-order valence-electron chi connectivity index (χ0n) is 12.7. The molecule has 4 nitrogen and oxygen atoms in total. The average molecular weight is 289 g/mol. The molecule has 4 heteroatoms. The molecule has 1 aliphatic heterocycles. The van der Waals surface area contributed by atoms with Crippen molar-refractivity contribution < 1.29 is 14.6 Å². The normalized spacial score (nSPS) is 14.0. The maximum atomic E-state index is 12.3. The Labute approximate surface area is 125 Å². The van der Waals surface area contributed by atoms with Crippen LogP contribution in [0.5, 0.6) is 5.75 Å². The first-order valence-corrected chi connectivity index (χ1v) is 7.45. The van der Waals surface area contributed by atoms with Crippen LogP contribution in [0.4, 0.5) is 0 Å². The van der Waals surface area contributed by atoms with Crippen LogP contribution in [0, 0.1) is 5.41 Å². The summed E-state index contributed by atoms with van der Waals surface area (Å²) in [5.41, 5.74) is 1.31. The van der Waals surface area contributed by atoms with Crippen LogP contribution in [-0.2, 0) is 4.79 Å². The van der Waals surface area contributed by atoms with Crippen molar-refractivity contribution in [1.29, 1.82) is 0 Å². The summed E-state index contributed by atoms with van der Waals surface area (Å²) in [6, 6.07) is 7.66. The summed E-state index contributed by atoms with van der Waals surface area (Å²) in [6.07, 6.45) is 3.53. The third-order valence-corrected chi connectivity index (χ3v) is 4.38. The predicted octanol–water partition coefficient (Wildman–Crippen LogP) is 2.38. The molecule has 1 heterocycles. The van der Waals surface area contributed by atoms with Crippen LogP contribution < -0.4 is 10.1 Å². The highest BCUT2D eigenvalue weighted by atomic mass is 16.5. The molecule has 0 fully saturated rings. The van der Waals surface area contributed by atoms with Gasteiger partial charge in [-0.05, 0) is 25.0 Å². The lowest BCUT2D eigenvalue weighted by Crippen LogP contribution is -2.40. The predicted molar refractivity (Wildman–Crippen MR) is 83.0 cm³/mol. The van der Waals surface area contributed by atoms with Gasteiger partial charge in [0, 0.05) is 17.5 Å². The van der Waals surface area contributed by atoms with E-state index in [1.807, 2.05) is 44.2 Å². The number of aliphatic hydroxyl groups is 1. The number of aliphatic hydroxyl groups excluding tert-OH is 1. The van der Waals surface area contributed by atoms with Gasteiger partial charge in [-0.25, -0.2) is 0 Å². The number of hydrogen-bond donors (Lipinski definition) is 2. The molecule has 0 bridgehead atoms. The summed E-state index contributed by atoms with van der Waals surface area (Å²) in [6.45, 7) is 4.91. The SMILES string of the molecule is CCC(CC)(CO)CNC(=O)C1=Cc2ccccc2OC1. The summed E-state index contributed by atoms with van der Waals surface area (Å²) in [5, 5.41) is 12.5. The molecule has 0 saturated carbocycles. The van der Waals surface area contributed by atoms with Gasteiger partial charge in [0.25, 0.3) is 5.91 Å². The Morgan fingerprint density at radius 3 is 2.71 bits per heavy atom. The van der Waals surface area contributed by atoms with E-state index in [0.717, 1.165) is 24.2 Å². The van der Waals surface area contributed by atoms with E-state index in [1.165, 1.54) is 0 Å². The molecule has 1 aromatic rings. The standard InChI is InChI=1S/C17H23NO3/c1-3-17(4-2,12-19)11-18-16(20)14-9-13-7-5-6-8-15(13)21-10-14/h5-9,19H,3-4,10-12H2,1-2H3,(H,18,20). The summed E-state index contributed by atoms with van der Waals surface area (Å²) in [5.74, 6) is 0.685. The summed E-state index contributed by atoms with van der Waals surface area (Å²) >= 11 is 0. The lowest BCUT2D eigenvalue weighted by molar-refractivity contribution is -0.118. The number of benzene rings is 1. The Balaban J connectivity index is 2.04. The van der Waals surface area contributed by atoms with Gasteiger partial charge in [0.2, 0.25) is 0 Å². The molecule has 0 spiro atoms. The Morgan fingerprint density at radius 2 is 2.05 bits per heavy atom. The van der Waals surface area contributed by atoms with E-state index in [4.69, 9.17) is 4.74 Å². The second-order valence-electron chi connectivity index (χ2n) is 5.54. The summed E-state index contributed by atoms with van der Waals surface area (Å²) in [7, 11) is 0. The van der Waals surface area contributed by atoms with Gasteiger partial charge in [0.1, 0.15) is 12.4 Å². The topological polar surface area (TPSA) is 58.6 Å². The number of rotatable bonds is 6. The van der Waals surface area contributed by atoms with Crippen molar-refractivity contribution in [2.24, 2.45) is 5.41 Å². The number of nitrogens with one attached hydrogen (secondary N) is 1. The number of ether oxygens (including phenoxy) is 1. The van der Waals surface area contributed by atoms with Gasteiger partial charge in [0.15, 0.2) is 0 Å². The van der Waals surface area contributed by atoms with Crippen LogP contribution in [0.2, 0.25) is 0 Å². The first-order chi connectivity index (χ1) is 10.1. The van der Waals surface area contributed by atoms with Crippen LogP contribution in [-0.4, -0.2) is 30.8 Å². The Morgan fingerprint density at radius 1 is 1.33 bits per heavy atom. The van der Waals surface area contributed by atoms with Gasteiger partial charge >= 0.3 is 0 Å². The van der Waals surface area contributed by atoms with Crippen molar-refractivity contribution in [3.05, 3.63) is 35.4 Å². The van der Waals surface area contributed by atoms with Gasteiger partial charge in [-0.15, -0.1) is 0 Å². The van der Waals surface area contributed by atoms with Crippen molar-refractivity contribution in [3.63, 3.8) is 0 Å². The first kappa shape index (κ1) is 15.6. The van der Waals surface area contributed by atoms with Crippen LogP contribution in [0.15, 0.2) is 29.8 Å². The molecule has 114 valence electrons. The highest BCUT2D eigenvalue weighted by Crippen LogP contribution is 2.27. The quantitative estimate of drug-likeness (QED) is 0.845. The number of para-hydroxylation sites is 1. The highest BCUT2D eigenvalue weighted by molar-refractivity contribution is 5.99. The van der Waals surface area contributed by atoms with E-state index in [-0.39, 0.29) is 24.5 Å². The minimum atomic E-state index is -0.232. The fourth-order valence-corrected chi connectivity index (χ4v) is 2.41. The molecule has 1 amide bonds. The zero-order chi connectivity index (χ0) is 15.3. The maximum absolute atomic E-state index is 12.3. The molecule has 0 atom stereocenters. The van der Waals surface area contributed by atoms with Crippen LogP contribution in [0.25, 0.3) is 6.08 Å². The van der Waals surface area contributed by atoms with E-state index >= 15 is 0 Å². The number of carbonyl (C=O) groups is 1. The minimum Gasteiger partial charge on any atom is -0.488 e. The maximum Gasteiger partial charge on any atom is 0.250 e. The second-order valence-corrected chi connectivity index (χ2v) is 5.54. The Kier molecular flexibility index (Phi) is 5.02. The van der Waals surface area contributed by atoms with Gasteiger partial charge in [-0.3, -0.25) is 4.79 Å². The Hall–Kier alpha value is -1.81. The highest BCUT2D eigenvalue weighted by Gasteiger charge is 2.27. The molecule has 1 aromatic carbocycles. The van der Waals surface area contributed by atoms with Crippen LogP contribution in [0.1, 0.15) is 32.3 Å². The smallest absolute Gasteiger partial charge is 0.250 e. The summed E-state index contributed by atoms with van der Waals surface area (Å²) in [4.78, 5) is 12.3. The van der Waals surface area contributed by atoms with Crippen molar-refractivity contribution in [1.82, 2.24) is 5.32 Å². The molecule has 0 radical (unpaired) electrons. The monoisotopic (exact) mass is 289 g/mol. The molecule has 2 N–H and O–H groups in total. The Bertz CT molecular complexity index is 524. The first-order valence-electron chi connectivity index (χ1n) is 7.45. The molecule has 0 aromatic heterocycles. The molecule has 0 aliphatic carbocycles. The average Bonchev–Trinajstić information content (AvgIpc) is 2.56. The second kappa shape index (κ2) is 6.76. The van der Waals surface area contributed by atoms with Crippen molar-refractivity contribution in [2.45, 2.75) is 26.7 Å². The van der Waals surface area contributed by atoms with Gasteiger partial charge in [-0.2, -0.15) is 0 Å². The fraction of sp³-hybridized carbons (Fsp3) is 0.471. The lowest BCUT2D eigenvalue weighted by Gasteiger charge is -2.30. The van der Waals surface area contributed by atoms with Gasteiger partial charge in [0.05, 0.1) is 12.2 Å². The van der Waals surface area contributed by atoms with Crippen LogP contribution in [0.3, 0.4) is 0 Å².